The number of carbonyl (C=O) groups excluding carboxylic acids is 2. The third-order valence-corrected chi connectivity index (χ3v) is 3.93. The summed E-state index contributed by atoms with van der Waals surface area (Å²) in [5.41, 5.74) is 1.64. The number of hydrogen-bond donors (Lipinski definition) is 2. The van der Waals surface area contributed by atoms with Crippen LogP contribution in [0.15, 0.2) is 29.3 Å². The van der Waals surface area contributed by atoms with Crippen LogP contribution < -0.4 is 10.6 Å². The van der Waals surface area contributed by atoms with Gasteiger partial charge in [0.05, 0.1) is 13.1 Å². The summed E-state index contributed by atoms with van der Waals surface area (Å²) in [6.07, 6.45) is 0.948. The molecule has 0 radical (unpaired) electrons. The zero-order valence-corrected chi connectivity index (χ0v) is 16.7. The van der Waals surface area contributed by atoms with E-state index in [0.29, 0.717) is 18.1 Å². The number of rotatable bonds is 7. The molecule has 0 bridgehead atoms. The summed E-state index contributed by atoms with van der Waals surface area (Å²) < 4.78 is 0. The topological polar surface area (TPSA) is 77.0 Å². The Kier molecular flexibility index (Phi) is 8.61. The molecule has 1 atom stereocenters. The van der Waals surface area contributed by atoms with Gasteiger partial charge in [0.1, 0.15) is 0 Å². The van der Waals surface area contributed by atoms with Crippen LogP contribution in [-0.4, -0.2) is 68.4 Å². The normalized spacial score (nSPS) is 12.3. The van der Waals surface area contributed by atoms with Gasteiger partial charge < -0.3 is 20.4 Å². The largest absolute Gasteiger partial charge is 0.354 e. The zero-order chi connectivity index (χ0) is 19.7. The van der Waals surface area contributed by atoms with Gasteiger partial charge in [-0.15, -0.1) is 0 Å². The van der Waals surface area contributed by atoms with Crippen molar-refractivity contribution in [2.75, 3.05) is 34.7 Å². The molecule has 0 spiro atoms. The van der Waals surface area contributed by atoms with E-state index in [1.807, 2.05) is 12.1 Å². The van der Waals surface area contributed by atoms with E-state index in [0.717, 1.165) is 12.0 Å². The lowest BCUT2D eigenvalue weighted by molar-refractivity contribution is -0.127. The molecule has 0 saturated heterocycles. The van der Waals surface area contributed by atoms with E-state index in [-0.39, 0.29) is 24.4 Å². The second-order valence-electron chi connectivity index (χ2n) is 6.66. The van der Waals surface area contributed by atoms with E-state index in [4.69, 9.17) is 0 Å². The maximum absolute atomic E-state index is 11.9. The molecule has 0 saturated carbocycles. The number of hydrogen-bond acceptors (Lipinski definition) is 3. The number of carbonyl (C=O) groups is 2. The number of nitrogens with zero attached hydrogens (tertiary/aromatic N) is 3. The number of nitrogens with one attached hydrogen (secondary N) is 2. The van der Waals surface area contributed by atoms with Gasteiger partial charge in [-0.2, -0.15) is 0 Å². The summed E-state index contributed by atoms with van der Waals surface area (Å²) >= 11 is 0. The SMILES string of the molecule is CCC(C)NC(=NCc1ccc(C(=O)N(C)C)cc1)NCC(=O)N(C)C. The summed E-state index contributed by atoms with van der Waals surface area (Å²) in [5.74, 6) is 0.557. The van der Waals surface area contributed by atoms with Gasteiger partial charge in [0.15, 0.2) is 5.96 Å². The van der Waals surface area contributed by atoms with E-state index in [1.54, 1.807) is 45.2 Å². The van der Waals surface area contributed by atoms with Crippen molar-refractivity contribution in [2.24, 2.45) is 4.99 Å². The van der Waals surface area contributed by atoms with Gasteiger partial charge in [0.2, 0.25) is 5.91 Å². The van der Waals surface area contributed by atoms with Crippen molar-refractivity contribution in [3.05, 3.63) is 35.4 Å². The van der Waals surface area contributed by atoms with Crippen molar-refractivity contribution < 1.29 is 9.59 Å². The van der Waals surface area contributed by atoms with Crippen LogP contribution in [0, 0.1) is 0 Å². The molecular formula is C19H31N5O2. The van der Waals surface area contributed by atoms with Crippen LogP contribution in [0.25, 0.3) is 0 Å². The van der Waals surface area contributed by atoms with E-state index in [2.05, 4.69) is 29.5 Å². The minimum absolute atomic E-state index is 0.0183. The lowest BCUT2D eigenvalue weighted by Crippen LogP contribution is -2.45. The van der Waals surface area contributed by atoms with Gasteiger partial charge >= 0.3 is 0 Å². The van der Waals surface area contributed by atoms with Gasteiger partial charge in [-0.3, -0.25) is 9.59 Å². The highest BCUT2D eigenvalue weighted by Crippen LogP contribution is 2.07. The number of guanidine groups is 1. The van der Waals surface area contributed by atoms with Crippen LogP contribution in [0.5, 0.6) is 0 Å². The third-order valence-electron chi connectivity index (χ3n) is 3.93. The van der Waals surface area contributed by atoms with Crippen molar-refractivity contribution in [2.45, 2.75) is 32.9 Å². The molecule has 1 aromatic rings. The van der Waals surface area contributed by atoms with Crippen LogP contribution in [0.1, 0.15) is 36.2 Å². The minimum Gasteiger partial charge on any atom is -0.354 e. The molecule has 0 aliphatic rings. The molecule has 0 aliphatic carbocycles. The highest BCUT2D eigenvalue weighted by molar-refractivity contribution is 5.93. The van der Waals surface area contributed by atoms with Gasteiger partial charge in [0.25, 0.3) is 5.91 Å². The Balaban J connectivity index is 2.78. The van der Waals surface area contributed by atoms with Gasteiger partial charge in [-0.1, -0.05) is 19.1 Å². The van der Waals surface area contributed by atoms with Crippen molar-refractivity contribution in [1.29, 1.82) is 0 Å². The smallest absolute Gasteiger partial charge is 0.253 e. The van der Waals surface area contributed by atoms with Crippen molar-refractivity contribution >= 4 is 17.8 Å². The molecule has 0 aromatic heterocycles. The molecule has 7 heteroatoms. The van der Waals surface area contributed by atoms with Crippen LogP contribution in [-0.2, 0) is 11.3 Å². The Hall–Kier alpha value is -2.57. The molecule has 1 unspecified atom stereocenters. The van der Waals surface area contributed by atoms with Crippen LogP contribution in [0.4, 0.5) is 0 Å². The van der Waals surface area contributed by atoms with Gasteiger partial charge in [0, 0.05) is 39.8 Å². The Morgan fingerprint density at radius 2 is 1.69 bits per heavy atom. The Bertz CT molecular complexity index is 623. The number of aliphatic imine (C=N–C) groups is 1. The minimum atomic E-state index is -0.0250. The Labute approximate surface area is 156 Å². The lowest BCUT2D eigenvalue weighted by atomic mass is 10.1. The molecule has 1 aromatic carbocycles. The maximum atomic E-state index is 11.9. The first-order valence-electron chi connectivity index (χ1n) is 8.80. The average molecular weight is 361 g/mol. The fraction of sp³-hybridized carbons (Fsp3) is 0.526. The highest BCUT2D eigenvalue weighted by atomic mass is 16.2. The van der Waals surface area contributed by atoms with Crippen LogP contribution in [0.3, 0.4) is 0 Å². The second kappa shape index (κ2) is 10.4. The summed E-state index contributed by atoms with van der Waals surface area (Å²) in [7, 11) is 6.90. The van der Waals surface area contributed by atoms with E-state index < -0.39 is 0 Å². The van der Waals surface area contributed by atoms with Gasteiger partial charge in [-0.05, 0) is 31.0 Å². The zero-order valence-electron chi connectivity index (χ0n) is 16.7. The summed E-state index contributed by atoms with van der Waals surface area (Å²) in [6, 6.07) is 7.64. The number of likely N-dealkylation sites (N-methyl/N-ethyl adjacent to an activating group) is 1. The first kappa shape index (κ1) is 21.5. The predicted octanol–water partition coefficient (Wildman–Crippen LogP) is 1.31. The molecule has 2 N–H and O–H groups in total. The first-order chi connectivity index (χ1) is 12.2. The summed E-state index contributed by atoms with van der Waals surface area (Å²) in [4.78, 5) is 31.3. The summed E-state index contributed by atoms with van der Waals surface area (Å²) in [5, 5.41) is 6.35. The van der Waals surface area contributed by atoms with E-state index in [9.17, 15) is 9.59 Å². The average Bonchev–Trinajstić information content (AvgIpc) is 2.62. The maximum Gasteiger partial charge on any atom is 0.253 e. The fourth-order valence-electron chi connectivity index (χ4n) is 1.99. The predicted molar refractivity (Wildman–Crippen MR) is 105 cm³/mol. The first-order valence-corrected chi connectivity index (χ1v) is 8.80. The molecule has 7 nitrogen and oxygen atoms in total. The van der Waals surface area contributed by atoms with E-state index in [1.165, 1.54) is 4.90 Å². The quantitative estimate of drug-likeness (QED) is 0.567. The third kappa shape index (κ3) is 7.13. The van der Waals surface area contributed by atoms with Gasteiger partial charge in [-0.25, -0.2) is 4.99 Å². The highest BCUT2D eigenvalue weighted by Gasteiger charge is 2.09. The molecule has 0 aliphatic heterocycles. The van der Waals surface area contributed by atoms with Crippen LogP contribution >= 0.6 is 0 Å². The molecule has 0 heterocycles. The molecule has 0 fully saturated rings. The van der Waals surface area contributed by atoms with Crippen LogP contribution in [0.2, 0.25) is 0 Å². The van der Waals surface area contributed by atoms with Crippen molar-refractivity contribution in [3.8, 4) is 0 Å². The van der Waals surface area contributed by atoms with Crippen molar-refractivity contribution in [3.63, 3.8) is 0 Å². The van der Waals surface area contributed by atoms with Crippen molar-refractivity contribution in [1.82, 2.24) is 20.4 Å². The molecule has 26 heavy (non-hydrogen) atoms. The summed E-state index contributed by atoms with van der Waals surface area (Å²) in [6.45, 7) is 4.79. The number of benzene rings is 1. The molecular weight excluding hydrogens is 330 g/mol. The second-order valence-corrected chi connectivity index (χ2v) is 6.66. The fourth-order valence-corrected chi connectivity index (χ4v) is 1.99. The standard InChI is InChI=1S/C19H31N5O2/c1-7-14(2)22-19(21-13-17(25)23(3)4)20-12-15-8-10-16(11-9-15)18(26)24(5)6/h8-11,14H,7,12-13H2,1-6H3,(H2,20,21,22). The Morgan fingerprint density at radius 1 is 1.08 bits per heavy atom. The lowest BCUT2D eigenvalue weighted by Gasteiger charge is -2.18. The molecule has 144 valence electrons. The molecule has 1 rings (SSSR count). The monoisotopic (exact) mass is 361 g/mol. The Morgan fingerprint density at radius 3 is 2.19 bits per heavy atom. The molecule has 2 amide bonds. The number of amides is 2. The van der Waals surface area contributed by atoms with E-state index >= 15 is 0 Å².